The van der Waals surface area contributed by atoms with Crippen LogP contribution >= 0.6 is 0 Å². The number of benzene rings is 1. The smallest absolute Gasteiger partial charge is 0.253 e. The summed E-state index contributed by atoms with van der Waals surface area (Å²) in [6.45, 7) is 3.09. The van der Waals surface area contributed by atoms with Gasteiger partial charge in [0.05, 0.1) is 0 Å². The minimum Gasteiger partial charge on any atom is -0.368 e. The predicted octanol–water partition coefficient (Wildman–Crippen LogP) is 2.78. The van der Waals surface area contributed by atoms with Crippen LogP contribution in [0.1, 0.15) is 34.3 Å². The maximum atomic E-state index is 12.7. The van der Waals surface area contributed by atoms with Crippen LogP contribution in [-0.2, 0) is 16.1 Å². The Bertz CT molecular complexity index is 800. The predicted molar refractivity (Wildman–Crippen MR) is 98.8 cm³/mol. The number of carbonyl (C=O) groups excluding carboxylic acids is 2. The molecular formula is C20H23N3O3. The number of hydrogen-bond acceptors (Lipinski definition) is 4. The summed E-state index contributed by atoms with van der Waals surface area (Å²) in [4.78, 5) is 30.6. The molecule has 0 bridgehead atoms. The molecule has 3 rings (SSSR count). The lowest BCUT2D eigenvalue weighted by atomic mass is 10.1. The number of nitrogens with one attached hydrogen (secondary N) is 1. The molecule has 0 aliphatic carbocycles. The van der Waals surface area contributed by atoms with E-state index in [1.807, 2.05) is 13.0 Å². The molecule has 2 amide bonds. The first kappa shape index (κ1) is 18.1. The van der Waals surface area contributed by atoms with Crippen molar-refractivity contribution in [2.45, 2.75) is 32.4 Å². The van der Waals surface area contributed by atoms with Crippen molar-refractivity contribution in [1.29, 1.82) is 0 Å². The first-order chi connectivity index (χ1) is 12.5. The topological polar surface area (TPSA) is 71.5 Å². The van der Waals surface area contributed by atoms with Crippen molar-refractivity contribution in [1.82, 2.24) is 9.88 Å². The van der Waals surface area contributed by atoms with E-state index in [1.165, 1.54) is 0 Å². The second-order valence-electron chi connectivity index (χ2n) is 6.54. The van der Waals surface area contributed by atoms with Crippen LogP contribution in [0.5, 0.6) is 0 Å². The van der Waals surface area contributed by atoms with E-state index in [2.05, 4.69) is 10.3 Å². The van der Waals surface area contributed by atoms with E-state index in [4.69, 9.17) is 4.74 Å². The normalized spacial score (nSPS) is 16.3. The van der Waals surface area contributed by atoms with Gasteiger partial charge in [0, 0.05) is 43.8 Å². The average molecular weight is 353 g/mol. The summed E-state index contributed by atoms with van der Waals surface area (Å²) in [7, 11) is 1.76. The highest BCUT2D eigenvalue weighted by Crippen LogP contribution is 2.18. The van der Waals surface area contributed by atoms with Gasteiger partial charge in [-0.1, -0.05) is 6.07 Å². The summed E-state index contributed by atoms with van der Waals surface area (Å²) in [6, 6.07) is 8.91. The number of carbonyl (C=O) groups is 2. The maximum Gasteiger partial charge on any atom is 0.253 e. The van der Waals surface area contributed by atoms with Crippen molar-refractivity contribution in [2.24, 2.45) is 0 Å². The van der Waals surface area contributed by atoms with Gasteiger partial charge >= 0.3 is 0 Å². The molecule has 2 heterocycles. The van der Waals surface area contributed by atoms with Crippen LogP contribution in [0.4, 0.5) is 5.69 Å². The van der Waals surface area contributed by atoms with Crippen LogP contribution in [-0.4, -0.2) is 41.5 Å². The molecule has 1 aliphatic heterocycles. The molecule has 1 N–H and O–H groups in total. The van der Waals surface area contributed by atoms with Gasteiger partial charge < -0.3 is 15.0 Å². The number of rotatable bonds is 5. The first-order valence-electron chi connectivity index (χ1n) is 8.72. The van der Waals surface area contributed by atoms with Gasteiger partial charge in [0.1, 0.15) is 6.10 Å². The minimum absolute atomic E-state index is 0.102. The zero-order valence-corrected chi connectivity index (χ0v) is 15.1. The Balaban J connectivity index is 1.67. The van der Waals surface area contributed by atoms with Gasteiger partial charge in [-0.25, -0.2) is 0 Å². The zero-order chi connectivity index (χ0) is 18.5. The van der Waals surface area contributed by atoms with E-state index < -0.39 is 6.10 Å². The van der Waals surface area contributed by atoms with Crippen molar-refractivity contribution in [3.05, 3.63) is 59.4 Å². The highest BCUT2D eigenvalue weighted by molar-refractivity contribution is 5.98. The summed E-state index contributed by atoms with van der Waals surface area (Å²) in [6.07, 6.45) is 4.75. The number of nitrogens with zero attached hydrogens (tertiary/aromatic N) is 2. The minimum atomic E-state index is -0.397. The lowest BCUT2D eigenvalue weighted by Crippen LogP contribution is -2.28. The van der Waals surface area contributed by atoms with Crippen molar-refractivity contribution < 1.29 is 14.3 Å². The van der Waals surface area contributed by atoms with E-state index >= 15 is 0 Å². The molecule has 1 aromatic carbocycles. The van der Waals surface area contributed by atoms with E-state index in [0.717, 1.165) is 24.0 Å². The number of pyridine rings is 1. The summed E-state index contributed by atoms with van der Waals surface area (Å²) in [5.74, 6) is -0.262. The molecular weight excluding hydrogens is 330 g/mol. The Hall–Kier alpha value is -2.73. The van der Waals surface area contributed by atoms with E-state index in [-0.39, 0.29) is 11.8 Å². The van der Waals surface area contributed by atoms with Crippen LogP contribution in [0.25, 0.3) is 0 Å². The van der Waals surface area contributed by atoms with Gasteiger partial charge in [-0.2, -0.15) is 0 Å². The molecule has 1 saturated heterocycles. The second-order valence-corrected chi connectivity index (χ2v) is 6.54. The lowest BCUT2D eigenvalue weighted by molar-refractivity contribution is -0.124. The van der Waals surface area contributed by atoms with Gasteiger partial charge in [0.15, 0.2) is 0 Å². The SMILES string of the molecule is Cc1cnccc1CN(C)C(=O)c1cccc(NC(=O)C2CCCO2)c1. The van der Waals surface area contributed by atoms with Crippen LogP contribution in [0.15, 0.2) is 42.7 Å². The molecule has 136 valence electrons. The van der Waals surface area contributed by atoms with Gasteiger partial charge in [-0.15, -0.1) is 0 Å². The van der Waals surface area contributed by atoms with E-state index in [1.54, 1.807) is 48.6 Å². The number of hydrogen-bond donors (Lipinski definition) is 1. The Morgan fingerprint density at radius 3 is 2.92 bits per heavy atom. The number of aromatic nitrogens is 1. The Labute approximate surface area is 153 Å². The van der Waals surface area contributed by atoms with Crippen LogP contribution in [0.2, 0.25) is 0 Å². The number of ether oxygens (including phenoxy) is 1. The van der Waals surface area contributed by atoms with Gasteiger partial charge in [-0.3, -0.25) is 14.6 Å². The van der Waals surface area contributed by atoms with Crippen molar-refractivity contribution in [3.8, 4) is 0 Å². The fraction of sp³-hybridized carbons (Fsp3) is 0.350. The molecule has 2 aromatic rings. The third-order valence-electron chi connectivity index (χ3n) is 4.49. The molecule has 1 aliphatic rings. The zero-order valence-electron chi connectivity index (χ0n) is 15.1. The molecule has 1 atom stereocenters. The Morgan fingerprint density at radius 2 is 2.19 bits per heavy atom. The molecule has 1 unspecified atom stereocenters. The largest absolute Gasteiger partial charge is 0.368 e. The summed E-state index contributed by atoms with van der Waals surface area (Å²) in [5.41, 5.74) is 3.23. The highest BCUT2D eigenvalue weighted by atomic mass is 16.5. The monoisotopic (exact) mass is 353 g/mol. The van der Waals surface area contributed by atoms with Crippen molar-refractivity contribution in [3.63, 3.8) is 0 Å². The van der Waals surface area contributed by atoms with Crippen LogP contribution < -0.4 is 5.32 Å². The quantitative estimate of drug-likeness (QED) is 0.897. The third kappa shape index (κ3) is 4.26. The first-order valence-corrected chi connectivity index (χ1v) is 8.72. The van der Waals surface area contributed by atoms with Crippen LogP contribution in [0, 0.1) is 6.92 Å². The molecule has 1 aromatic heterocycles. The molecule has 0 radical (unpaired) electrons. The molecule has 26 heavy (non-hydrogen) atoms. The summed E-state index contributed by atoms with van der Waals surface area (Å²) >= 11 is 0. The Kier molecular flexibility index (Phi) is 5.63. The molecule has 1 fully saturated rings. The fourth-order valence-electron chi connectivity index (χ4n) is 2.96. The number of amides is 2. The fourth-order valence-corrected chi connectivity index (χ4v) is 2.96. The van der Waals surface area contributed by atoms with Crippen LogP contribution in [0.3, 0.4) is 0 Å². The Morgan fingerprint density at radius 1 is 1.35 bits per heavy atom. The molecule has 0 saturated carbocycles. The highest BCUT2D eigenvalue weighted by Gasteiger charge is 2.23. The molecule has 6 heteroatoms. The maximum absolute atomic E-state index is 12.7. The average Bonchev–Trinajstić information content (AvgIpc) is 3.18. The van der Waals surface area contributed by atoms with Gasteiger partial charge in [0.25, 0.3) is 11.8 Å². The van der Waals surface area contributed by atoms with E-state index in [9.17, 15) is 9.59 Å². The van der Waals surface area contributed by atoms with E-state index in [0.29, 0.717) is 24.4 Å². The van der Waals surface area contributed by atoms with Gasteiger partial charge in [0.2, 0.25) is 0 Å². The number of aryl methyl sites for hydroxylation is 1. The second kappa shape index (κ2) is 8.10. The van der Waals surface area contributed by atoms with Gasteiger partial charge in [-0.05, 0) is 55.2 Å². The van der Waals surface area contributed by atoms with Crippen molar-refractivity contribution in [2.75, 3.05) is 19.0 Å². The molecule has 6 nitrogen and oxygen atoms in total. The lowest BCUT2D eigenvalue weighted by Gasteiger charge is -2.19. The number of anilines is 1. The third-order valence-corrected chi connectivity index (χ3v) is 4.49. The summed E-state index contributed by atoms with van der Waals surface area (Å²) in [5, 5.41) is 2.83. The van der Waals surface area contributed by atoms with Crippen molar-refractivity contribution >= 4 is 17.5 Å². The molecule has 0 spiro atoms. The standard InChI is InChI=1S/C20H23N3O3/c1-14-12-21-9-8-16(14)13-23(2)20(25)15-5-3-6-17(11-15)22-19(24)18-7-4-10-26-18/h3,5-6,8-9,11-12,18H,4,7,10,13H2,1-2H3,(H,22,24). The summed E-state index contributed by atoms with van der Waals surface area (Å²) < 4.78 is 5.39.